The molecule has 0 heterocycles. The SMILES string of the molecule is NC1(COCc2ccc(Cl)cc2F)CCCCCC1. The Kier molecular flexibility index (Phi) is 5.20. The van der Waals surface area contributed by atoms with E-state index in [1.54, 1.807) is 12.1 Å². The molecule has 1 aliphatic rings. The molecule has 19 heavy (non-hydrogen) atoms. The lowest BCUT2D eigenvalue weighted by Crippen LogP contribution is -2.43. The molecular formula is C15H21ClFNO. The summed E-state index contributed by atoms with van der Waals surface area (Å²) in [4.78, 5) is 0. The molecule has 2 N–H and O–H groups in total. The topological polar surface area (TPSA) is 35.2 Å². The predicted octanol–water partition coefficient (Wildman–Crippen LogP) is 4.05. The molecule has 2 rings (SSSR count). The molecule has 0 amide bonds. The van der Waals surface area contributed by atoms with Crippen molar-refractivity contribution in [1.82, 2.24) is 0 Å². The van der Waals surface area contributed by atoms with E-state index in [4.69, 9.17) is 22.1 Å². The lowest BCUT2D eigenvalue weighted by molar-refractivity contribution is 0.0651. The van der Waals surface area contributed by atoms with Crippen LogP contribution < -0.4 is 5.73 Å². The zero-order valence-electron chi connectivity index (χ0n) is 11.1. The van der Waals surface area contributed by atoms with E-state index in [1.165, 1.54) is 18.9 Å². The van der Waals surface area contributed by atoms with Gasteiger partial charge in [-0.2, -0.15) is 0 Å². The molecule has 2 nitrogen and oxygen atoms in total. The molecule has 1 saturated carbocycles. The van der Waals surface area contributed by atoms with Gasteiger partial charge in [-0.1, -0.05) is 43.4 Å². The first-order valence-electron chi connectivity index (χ1n) is 6.90. The lowest BCUT2D eigenvalue weighted by atomic mass is 9.92. The largest absolute Gasteiger partial charge is 0.375 e. The number of hydrogen-bond donors (Lipinski definition) is 1. The predicted molar refractivity (Wildman–Crippen MR) is 75.7 cm³/mol. The number of rotatable bonds is 4. The van der Waals surface area contributed by atoms with Crippen molar-refractivity contribution < 1.29 is 9.13 Å². The lowest BCUT2D eigenvalue weighted by Gasteiger charge is -2.27. The monoisotopic (exact) mass is 285 g/mol. The third kappa shape index (κ3) is 4.44. The zero-order valence-corrected chi connectivity index (χ0v) is 11.9. The third-order valence-electron chi connectivity index (χ3n) is 3.76. The fourth-order valence-corrected chi connectivity index (χ4v) is 2.74. The molecule has 1 fully saturated rings. The molecular weight excluding hydrogens is 265 g/mol. The summed E-state index contributed by atoms with van der Waals surface area (Å²) in [6.07, 6.45) is 6.83. The van der Waals surface area contributed by atoms with Crippen molar-refractivity contribution in [3.63, 3.8) is 0 Å². The summed E-state index contributed by atoms with van der Waals surface area (Å²) in [5.41, 5.74) is 6.64. The van der Waals surface area contributed by atoms with Crippen LogP contribution in [0.4, 0.5) is 4.39 Å². The maximum Gasteiger partial charge on any atom is 0.130 e. The highest BCUT2D eigenvalue weighted by molar-refractivity contribution is 6.30. The van der Waals surface area contributed by atoms with E-state index in [-0.39, 0.29) is 18.0 Å². The Morgan fingerprint density at radius 1 is 1.21 bits per heavy atom. The molecule has 4 heteroatoms. The fourth-order valence-electron chi connectivity index (χ4n) is 2.58. The second-order valence-electron chi connectivity index (χ2n) is 5.51. The third-order valence-corrected chi connectivity index (χ3v) is 4.00. The van der Waals surface area contributed by atoms with E-state index in [9.17, 15) is 4.39 Å². The van der Waals surface area contributed by atoms with Crippen molar-refractivity contribution in [2.24, 2.45) is 5.73 Å². The molecule has 1 aromatic rings. The van der Waals surface area contributed by atoms with Crippen LogP contribution in [-0.2, 0) is 11.3 Å². The summed E-state index contributed by atoms with van der Waals surface area (Å²) in [6.45, 7) is 0.747. The van der Waals surface area contributed by atoms with Crippen molar-refractivity contribution in [3.8, 4) is 0 Å². The molecule has 106 valence electrons. The van der Waals surface area contributed by atoms with E-state index in [1.807, 2.05) is 0 Å². The van der Waals surface area contributed by atoms with Crippen molar-refractivity contribution in [1.29, 1.82) is 0 Å². The first-order chi connectivity index (χ1) is 9.09. The number of benzene rings is 1. The van der Waals surface area contributed by atoms with Crippen LogP contribution in [0.1, 0.15) is 44.1 Å². The van der Waals surface area contributed by atoms with Crippen molar-refractivity contribution in [2.45, 2.75) is 50.7 Å². The minimum Gasteiger partial charge on any atom is -0.375 e. The quantitative estimate of drug-likeness (QED) is 0.847. The highest BCUT2D eigenvalue weighted by Gasteiger charge is 2.26. The Labute approximate surface area is 119 Å². The number of halogens is 2. The Bertz CT molecular complexity index is 417. The van der Waals surface area contributed by atoms with E-state index >= 15 is 0 Å². The first-order valence-corrected chi connectivity index (χ1v) is 7.27. The van der Waals surface area contributed by atoms with Gasteiger partial charge in [0.25, 0.3) is 0 Å². The summed E-state index contributed by atoms with van der Waals surface area (Å²) in [5.74, 6) is -0.320. The number of hydrogen-bond acceptors (Lipinski definition) is 2. The normalized spacial score (nSPS) is 19.1. The van der Waals surface area contributed by atoms with Crippen LogP contribution in [-0.4, -0.2) is 12.1 Å². The van der Waals surface area contributed by atoms with Crippen LogP contribution in [0.15, 0.2) is 18.2 Å². The summed E-state index contributed by atoms with van der Waals surface area (Å²) in [6, 6.07) is 4.64. The minimum absolute atomic E-state index is 0.237. The zero-order chi connectivity index (χ0) is 13.7. The van der Waals surface area contributed by atoms with Gasteiger partial charge < -0.3 is 10.5 Å². The highest BCUT2D eigenvalue weighted by atomic mass is 35.5. The van der Waals surface area contributed by atoms with Gasteiger partial charge in [0.15, 0.2) is 0 Å². The van der Waals surface area contributed by atoms with Crippen LogP contribution >= 0.6 is 11.6 Å². The van der Waals surface area contributed by atoms with Crippen molar-refractivity contribution in [2.75, 3.05) is 6.61 Å². The van der Waals surface area contributed by atoms with E-state index < -0.39 is 0 Å². The molecule has 1 aromatic carbocycles. The van der Waals surface area contributed by atoms with Crippen LogP contribution in [0.2, 0.25) is 5.02 Å². The van der Waals surface area contributed by atoms with Gasteiger partial charge in [-0.3, -0.25) is 0 Å². The average molecular weight is 286 g/mol. The van der Waals surface area contributed by atoms with Crippen LogP contribution in [0, 0.1) is 5.82 Å². The average Bonchev–Trinajstić information content (AvgIpc) is 2.57. The molecule has 1 aliphatic carbocycles. The Balaban J connectivity index is 1.85. The van der Waals surface area contributed by atoms with Gasteiger partial charge in [-0.15, -0.1) is 0 Å². The summed E-state index contributed by atoms with van der Waals surface area (Å²) in [5, 5.41) is 0.403. The summed E-state index contributed by atoms with van der Waals surface area (Å²) in [7, 11) is 0. The molecule has 0 atom stereocenters. The molecule has 0 bridgehead atoms. The van der Waals surface area contributed by atoms with E-state index in [2.05, 4.69) is 0 Å². The Morgan fingerprint density at radius 3 is 2.53 bits per heavy atom. The van der Waals surface area contributed by atoms with Crippen LogP contribution in [0.3, 0.4) is 0 Å². The molecule has 0 spiro atoms. The second-order valence-corrected chi connectivity index (χ2v) is 5.94. The van der Waals surface area contributed by atoms with Crippen molar-refractivity contribution >= 4 is 11.6 Å². The van der Waals surface area contributed by atoms with E-state index in [0.29, 0.717) is 17.2 Å². The van der Waals surface area contributed by atoms with Crippen LogP contribution in [0.5, 0.6) is 0 Å². The van der Waals surface area contributed by atoms with Crippen molar-refractivity contribution in [3.05, 3.63) is 34.6 Å². The molecule has 0 unspecified atom stereocenters. The van der Waals surface area contributed by atoms with Crippen LogP contribution in [0.25, 0.3) is 0 Å². The number of ether oxygens (including phenoxy) is 1. The van der Waals surface area contributed by atoms with Gasteiger partial charge >= 0.3 is 0 Å². The van der Waals surface area contributed by atoms with Gasteiger partial charge in [0, 0.05) is 16.1 Å². The highest BCUT2D eigenvalue weighted by Crippen LogP contribution is 2.25. The van der Waals surface area contributed by atoms with Gasteiger partial charge in [0.1, 0.15) is 5.82 Å². The van der Waals surface area contributed by atoms with Gasteiger partial charge in [-0.05, 0) is 25.0 Å². The van der Waals surface area contributed by atoms with E-state index in [0.717, 1.165) is 25.7 Å². The Morgan fingerprint density at radius 2 is 1.89 bits per heavy atom. The molecule has 0 saturated heterocycles. The number of nitrogens with two attached hydrogens (primary N) is 1. The molecule has 0 aliphatic heterocycles. The maximum atomic E-state index is 13.6. The smallest absolute Gasteiger partial charge is 0.130 e. The fraction of sp³-hybridized carbons (Fsp3) is 0.600. The summed E-state index contributed by atoms with van der Waals surface area (Å²) >= 11 is 5.71. The standard InChI is InChI=1S/C15H21ClFNO/c16-13-6-5-12(14(17)9-13)10-19-11-15(18)7-3-1-2-4-8-15/h5-6,9H,1-4,7-8,10-11,18H2. The van der Waals surface area contributed by atoms with Gasteiger partial charge in [-0.25, -0.2) is 4.39 Å². The Hall–Kier alpha value is -0.640. The minimum atomic E-state index is -0.320. The van der Waals surface area contributed by atoms with Gasteiger partial charge in [0.05, 0.1) is 13.2 Å². The molecule has 0 aromatic heterocycles. The maximum absolute atomic E-state index is 13.6. The second kappa shape index (κ2) is 6.69. The summed E-state index contributed by atoms with van der Waals surface area (Å²) < 4.78 is 19.2. The first kappa shape index (κ1) is 14.8. The van der Waals surface area contributed by atoms with Gasteiger partial charge in [0.2, 0.25) is 0 Å². The molecule has 0 radical (unpaired) electrons.